The van der Waals surface area contributed by atoms with Crippen molar-refractivity contribution in [2.45, 2.75) is 89.4 Å². The molecule has 0 saturated heterocycles. The summed E-state index contributed by atoms with van der Waals surface area (Å²) in [6.45, 7) is 2.10. The first kappa shape index (κ1) is 22.8. The Bertz CT molecular complexity index is 461. The van der Waals surface area contributed by atoms with Crippen LogP contribution in [0.3, 0.4) is 0 Å². The minimum atomic E-state index is -0.866. The van der Waals surface area contributed by atoms with Crippen molar-refractivity contribution in [1.82, 2.24) is 0 Å². The fourth-order valence-corrected chi connectivity index (χ4v) is 3.58. The number of unbranched alkanes of at least 4 members (excludes halogenated alkanes) is 3. The van der Waals surface area contributed by atoms with Crippen LogP contribution in [0.25, 0.3) is 0 Å². The third-order valence-corrected chi connectivity index (χ3v) is 5.13. The lowest BCUT2D eigenvalue weighted by molar-refractivity contribution is -0.137. The molecule has 0 amide bonds. The normalized spacial score (nSPS) is 27.1. The smallest absolute Gasteiger partial charge is 0.303 e. The number of ketones is 1. The highest BCUT2D eigenvalue weighted by atomic mass is 16.4. The SMILES string of the molecule is CCCCC[C@H](O)/C=C\[C@@H]1[C@@H](CC(=O)CCCCC(=O)O)[C@@H](O)C[C@H]1O. The Morgan fingerprint density at radius 1 is 1.08 bits per heavy atom. The molecule has 0 aromatic carbocycles. The highest BCUT2D eigenvalue weighted by Crippen LogP contribution is 2.36. The van der Waals surface area contributed by atoms with Crippen molar-refractivity contribution in [2.75, 3.05) is 0 Å². The topological polar surface area (TPSA) is 115 Å². The number of carboxylic acids is 1. The standard InChI is InChI=1S/C20H34O6/c1-2-3-4-7-14(21)10-11-16-17(19(24)13-18(16)23)12-15(22)8-5-6-9-20(25)26/h10-11,14,16-19,21,23-24H,2-9,12-13H2,1H3,(H,25,26)/b11-10-/t14-,16+,17+,18+,19-/m0/s1. The van der Waals surface area contributed by atoms with Crippen molar-refractivity contribution in [3.8, 4) is 0 Å². The van der Waals surface area contributed by atoms with Gasteiger partial charge in [0.05, 0.1) is 18.3 Å². The van der Waals surface area contributed by atoms with Crippen LogP contribution in [0.2, 0.25) is 0 Å². The Hall–Kier alpha value is -1.24. The fraction of sp³-hybridized carbons (Fsp3) is 0.800. The molecule has 26 heavy (non-hydrogen) atoms. The van der Waals surface area contributed by atoms with Gasteiger partial charge in [-0.1, -0.05) is 38.3 Å². The van der Waals surface area contributed by atoms with Gasteiger partial charge in [-0.2, -0.15) is 0 Å². The molecule has 5 atom stereocenters. The number of rotatable bonds is 13. The van der Waals surface area contributed by atoms with Gasteiger partial charge in [0.2, 0.25) is 0 Å². The minimum Gasteiger partial charge on any atom is -0.481 e. The molecule has 0 spiro atoms. The van der Waals surface area contributed by atoms with Crippen molar-refractivity contribution in [3.63, 3.8) is 0 Å². The predicted octanol–water partition coefficient (Wildman–Crippen LogP) is 2.45. The van der Waals surface area contributed by atoms with Crippen LogP contribution in [0.4, 0.5) is 0 Å². The average molecular weight is 370 g/mol. The number of aliphatic carboxylic acids is 1. The Labute approximate surface area is 155 Å². The van der Waals surface area contributed by atoms with E-state index in [9.17, 15) is 24.9 Å². The quantitative estimate of drug-likeness (QED) is 0.292. The number of aliphatic hydroxyl groups is 3. The lowest BCUT2D eigenvalue weighted by Crippen LogP contribution is -2.24. The van der Waals surface area contributed by atoms with E-state index in [4.69, 9.17) is 5.11 Å². The summed E-state index contributed by atoms with van der Waals surface area (Å²) in [5.74, 6) is -1.57. The van der Waals surface area contributed by atoms with Crippen LogP contribution in [0, 0.1) is 11.8 Å². The highest BCUT2D eigenvalue weighted by Gasteiger charge is 2.41. The van der Waals surface area contributed by atoms with Crippen LogP contribution >= 0.6 is 0 Å². The Kier molecular flexibility index (Phi) is 10.7. The molecule has 0 unspecified atom stereocenters. The molecule has 0 aromatic heterocycles. The average Bonchev–Trinajstić information content (AvgIpc) is 2.83. The first-order valence-corrected chi connectivity index (χ1v) is 9.81. The van der Waals surface area contributed by atoms with Gasteiger partial charge in [0.1, 0.15) is 5.78 Å². The van der Waals surface area contributed by atoms with Gasteiger partial charge < -0.3 is 20.4 Å². The second-order valence-electron chi connectivity index (χ2n) is 7.40. The maximum atomic E-state index is 12.1. The van der Waals surface area contributed by atoms with Gasteiger partial charge in [0, 0.05) is 37.5 Å². The Morgan fingerprint density at radius 3 is 2.42 bits per heavy atom. The second kappa shape index (κ2) is 12.2. The molecule has 0 aliphatic heterocycles. The molecule has 6 heteroatoms. The van der Waals surface area contributed by atoms with Crippen LogP contribution in [-0.4, -0.2) is 50.5 Å². The summed E-state index contributed by atoms with van der Waals surface area (Å²) in [5.41, 5.74) is 0. The number of hydrogen-bond donors (Lipinski definition) is 4. The van der Waals surface area contributed by atoms with Crippen molar-refractivity contribution in [2.24, 2.45) is 11.8 Å². The van der Waals surface area contributed by atoms with E-state index >= 15 is 0 Å². The van der Waals surface area contributed by atoms with Crippen LogP contribution in [0.1, 0.15) is 71.1 Å². The molecule has 0 bridgehead atoms. The van der Waals surface area contributed by atoms with E-state index in [0.717, 1.165) is 19.3 Å². The number of carboxylic acid groups (broad SMARTS) is 1. The summed E-state index contributed by atoms with van der Waals surface area (Å²) < 4.78 is 0. The molecular formula is C20H34O6. The Morgan fingerprint density at radius 2 is 1.77 bits per heavy atom. The lowest BCUT2D eigenvalue weighted by atomic mass is 9.87. The molecule has 0 radical (unpaired) electrons. The van der Waals surface area contributed by atoms with Crippen LogP contribution in [0.15, 0.2) is 12.2 Å². The minimum absolute atomic E-state index is 0.0181. The zero-order chi connectivity index (χ0) is 19.5. The van der Waals surface area contributed by atoms with E-state index in [-0.39, 0.29) is 36.9 Å². The zero-order valence-corrected chi connectivity index (χ0v) is 15.7. The summed E-state index contributed by atoms with van der Waals surface area (Å²) in [7, 11) is 0. The third-order valence-electron chi connectivity index (χ3n) is 5.13. The number of carbonyl (C=O) groups is 2. The summed E-state index contributed by atoms with van der Waals surface area (Å²) in [5, 5.41) is 39.0. The maximum Gasteiger partial charge on any atom is 0.303 e. The van der Waals surface area contributed by atoms with Gasteiger partial charge in [0.25, 0.3) is 0 Å². The fourth-order valence-electron chi connectivity index (χ4n) is 3.58. The molecular weight excluding hydrogens is 336 g/mol. The summed E-state index contributed by atoms with van der Waals surface area (Å²) in [6.07, 6.45) is 6.90. The Balaban J connectivity index is 2.50. The van der Waals surface area contributed by atoms with Gasteiger partial charge in [-0.3, -0.25) is 9.59 Å². The van der Waals surface area contributed by atoms with E-state index < -0.39 is 24.3 Å². The molecule has 1 aliphatic rings. The summed E-state index contributed by atoms with van der Waals surface area (Å²) in [6, 6.07) is 0. The molecule has 1 saturated carbocycles. The lowest BCUT2D eigenvalue weighted by Gasteiger charge is -2.20. The van der Waals surface area contributed by atoms with Crippen molar-refractivity contribution in [3.05, 3.63) is 12.2 Å². The van der Waals surface area contributed by atoms with Gasteiger partial charge >= 0.3 is 5.97 Å². The molecule has 1 aliphatic carbocycles. The zero-order valence-electron chi connectivity index (χ0n) is 15.7. The third kappa shape index (κ3) is 8.43. The van der Waals surface area contributed by atoms with Gasteiger partial charge in [0.15, 0.2) is 0 Å². The van der Waals surface area contributed by atoms with E-state index in [1.54, 1.807) is 12.2 Å². The monoisotopic (exact) mass is 370 g/mol. The molecule has 0 heterocycles. The summed E-state index contributed by atoms with van der Waals surface area (Å²) in [4.78, 5) is 22.6. The first-order valence-electron chi connectivity index (χ1n) is 9.81. The molecule has 0 aromatic rings. The van der Waals surface area contributed by atoms with Crippen LogP contribution < -0.4 is 0 Å². The molecule has 1 rings (SSSR count). The highest BCUT2D eigenvalue weighted by molar-refractivity contribution is 5.78. The number of carbonyl (C=O) groups excluding carboxylic acids is 1. The molecule has 1 fully saturated rings. The van der Waals surface area contributed by atoms with Crippen LogP contribution in [-0.2, 0) is 9.59 Å². The number of aliphatic hydroxyl groups excluding tert-OH is 3. The predicted molar refractivity (Wildman–Crippen MR) is 98.6 cm³/mol. The summed E-state index contributed by atoms with van der Waals surface area (Å²) >= 11 is 0. The number of Topliss-reactive ketones (excluding diaryl/α,β-unsaturated/α-hetero) is 1. The molecule has 4 N–H and O–H groups in total. The van der Waals surface area contributed by atoms with Gasteiger partial charge in [-0.25, -0.2) is 0 Å². The van der Waals surface area contributed by atoms with Gasteiger partial charge in [-0.15, -0.1) is 0 Å². The van der Waals surface area contributed by atoms with E-state index in [1.807, 2.05) is 0 Å². The van der Waals surface area contributed by atoms with Crippen molar-refractivity contribution >= 4 is 11.8 Å². The maximum absolute atomic E-state index is 12.1. The van der Waals surface area contributed by atoms with Crippen molar-refractivity contribution in [1.29, 1.82) is 0 Å². The van der Waals surface area contributed by atoms with E-state index in [1.165, 1.54) is 0 Å². The molecule has 150 valence electrons. The van der Waals surface area contributed by atoms with E-state index in [2.05, 4.69) is 6.92 Å². The molecule has 6 nitrogen and oxygen atoms in total. The van der Waals surface area contributed by atoms with Crippen LogP contribution in [0.5, 0.6) is 0 Å². The largest absolute Gasteiger partial charge is 0.481 e. The number of hydrogen-bond acceptors (Lipinski definition) is 5. The first-order chi connectivity index (χ1) is 12.3. The second-order valence-corrected chi connectivity index (χ2v) is 7.40. The van der Waals surface area contributed by atoms with Gasteiger partial charge in [-0.05, 0) is 19.3 Å². The van der Waals surface area contributed by atoms with Crippen molar-refractivity contribution < 1.29 is 30.0 Å². The van der Waals surface area contributed by atoms with E-state index in [0.29, 0.717) is 25.7 Å².